The van der Waals surface area contributed by atoms with Gasteiger partial charge >= 0.3 is 5.97 Å². The van der Waals surface area contributed by atoms with Crippen LogP contribution in [0.5, 0.6) is 0 Å². The number of hydrogen-bond acceptors (Lipinski definition) is 4. The van der Waals surface area contributed by atoms with E-state index >= 15 is 0 Å². The van der Waals surface area contributed by atoms with Crippen LogP contribution >= 0.6 is 0 Å². The second-order valence-corrected chi connectivity index (χ2v) is 6.11. The summed E-state index contributed by atoms with van der Waals surface area (Å²) in [7, 11) is 0. The highest BCUT2D eigenvalue weighted by Gasteiger charge is 2.46. The van der Waals surface area contributed by atoms with Crippen molar-refractivity contribution in [3.63, 3.8) is 0 Å². The van der Waals surface area contributed by atoms with Gasteiger partial charge in [0.15, 0.2) is 11.5 Å². The second kappa shape index (κ2) is 6.20. The first-order valence-electron chi connectivity index (χ1n) is 7.96. The minimum atomic E-state index is -1.13. The van der Waals surface area contributed by atoms with Crippen molar-refractivity contribution in [3.8, 4) is 0 Å². The number of rotatable bonds is 4. The van der Waals surface area contributed by atoms with Crippen molar-refractivity contribution in [2.24, 2.45) is 0 Å². The fourth-order valence-electron chi connectivity index (χ4n) is 3.18. The molecule has 0 unspecified atom stereocenters. The maximum Gasteiger partial charge on any atom is 0.345 e. The molecule has 3 rings (SSSR count). The van der Waals surface area contributed by atoms with E-state index < -0.39 is 17.3 Å². The smallest absolute Gasteiger partial charge is 0.345 e. The molecule has 25 heavy (non-hydrogen) atoms. The minimum Gasteiger partial charge on any atom is -0.505 e. The van der Waals surface area contributed by atoms with Crippen LogP contribution in [-0.2, 0) is 26.3 Å². The lowest BCUT2D eigenvalue weighted by molar-refractivity contribution is -0.141. The van der Waals surface area contributed by atoms with Gasteiger partial charge in [-0.3, -0.25) is 4.79 Å². The molecule has 0 bridgehead atoms. The third kappa shape index (κ3) is 2.73. The van der Waals surface area contributed by atoms with Crippen LogP contribution in [0.4, 0.5) is 4.39 Å². The molecular weight excluding hydrogens is 325 g/mol. The molecule has 2 heterocycles. The summed E-state index contributed by atoms with van der Waals surface area (Å²) in [6, 6.07) is 9.16. The zero-order valence-corrected chi connectivity index (χ0v) is 14.0. The van der Waals surface area contributed by atoms with E-state index in [0.717, 1.165) is 5.56 Å². The van der Waals surface area contributed by atoms with Gasteiger partial charge in [-0.15, -0.1) is 0 Å². The quantitative estimate of drug-likeness (QED) is 0.684. The van der Waals surface area contributed by atoms with Crippen molar-refractivity contribution >= 4 is 17.5 Å². The number of nitrogens with zero attached hydrogens (tertiary/aromatic N) is 1. The molecule has 1 aromatic carbocycles. The molecule has 0 aliphatic carbocycles. The summed E-state index contributed by atoms with van der Waals surface area (Å²) in [5, 5.41) is 10.4. The number of esters is 1. The number of benzene rings is 1. The summed E-state index contributed by atoms with van der Waals surface area (Å²) in [4.78, 5) is 25.3. The molecule has 0 spiro atoms. The van der Waals surface area contributed by atoms with E-state index in [-0.39, 0.29) is 30.2 Å². The largest absolute Gasteiger partial charge is 0.505 e. The van der Waals surface area contributed by atoms with E-state index in [2.05, 4.69) is 0 Å². The number of aliphatic hydroxyl groups is 1. The molecule has 1 N–H and O–H groups in total. The van der Waals surface area contributed by atoms with Crippen LogP contribution in [0, 0.1) is 5.82 Å². The average molecular weight is 343 g/mol. The molecule has 5 nitrogen and oxygen atoms in total. The Bertz CT molecular complexity index is 866. The van der Waals surface area contributed by atoms with Gasteiger partial charge in [0.1, 0.15) is 16.9 Å². The Labute approximate surface area is 144 Å². The Morgan fingerprint density at radius 2 is 1.96 bits per heavy atom. The number of aliphatic hydroxyl groups excluding tert-OH is 1. The molecule has 1 aliphatic heterocycles. The molecule has 1 atom stereocenters. The van der Waals surface area contributed by atoms with Crippen LogP contribution in [-0.4, -0.2) is 28.0 Å². The van der Waals surface area contributed by atoms with E-state index in [1.165, 1.54) is 12.1 Å². The van der Waals surface area contributed by atoms with E-state index in [1.54, 1.807) is 48.9 Å². The first-order chi connectivity index (χ1) is 11.9. The van der Waals surface area contributed by atoms with Crippen molar-refractivity contribution in [1.82, 2.24) is 4.57 Å². The summed E-state index contributed by atoms with van der Waals surface area (Å²) in [6.07, 6.45) is 1.92. The van der Waals surface area contributed by atoms with Gasteiger partial charge in [-0.1, -0.05) is 12.1 Å². The molecule has 2 aromatic rings. The molecule has 0 radical (unpaired) electrons. The summed E-state index contributed by atoms with van der Waals surface area (Å²) in [5.41, 5.74) is -0.378. The number of aromatic nitrogens is 1. The maximum atomic E-state index is 13.2. The van der Waals surface area contributed by atoms with Gasteiger partial charge in [0.25, 0.3) is 0 Å². The highest BCUT2D eigenvalue weighted by atomic mass is 19.1. The monoisotopic (exact) mass is 343 g/mol. The molecule has 0 saturated heterocycles. The summed E-state index contributed by atoms with van der Waals surface area (Å²) < 4.78 is 19.7. The maximum absolute atomic E-state index is 13.2. The summed E-state index contributed by atoms with van der Waals surface area (Å²) in [5.74, 6) is -2.13. The summed E-state index contributed by atoms with van der Waals surface area (Å²) in [6.45, 7) is 3.41. The number of Topliss-reactive ketones (excluding diaryl/α,β-unsaturated/α-hetero) is 1. The standard InChI is InChI=1S/C19H18FNO4/c1-3-25-18(24)15-16(22)14-5-4-10-21(14)19(2,17(15)23)11-12-6-8-13(20)9-7-12/h4-10,22H,3,11H2,1-2H3/t19-/m0/s1. The van der Waals surface area contributed by atoms with Gasteiger partial charge in [0.2, 0.25) is 0 Å². The zero-order chi connectivity index (χ0) is 18.2. The minimum absolute atomic E-state index is 0.0958. The first kappa shape index (κ1) is 17.0. The molecule has 1 aromatic heterocycles. The number of carbonyl (C=O) groups excluding carboxylic acids is 2. The fraction of sp³-hybridized carbons (Fsp3) is 0.263. The van der Waals surface area contributed by atoms with E-state index in [9.17, 15) is 19.1 Å². The summed E-state index contributed by atoms with van der Waals surface area (Å²) >= 11 is 0. The highest BCUT2D eigenvalue weighted by Crippen LogP contribution is 2.37. The molecular formula is C19H18FNO4. The van der Waals surface area contributed by atoms with Crippen molar-refractivity contribution < 1.29 is 23.8 Å². The fourth-order valence-corrected chi connectivity index (χ4v) is 3.18. The third-order valence-electron chi connectivity index (χ3n) is 4.42. The van der Waals surface area contributed by atoms with Gasteiger partial charge in [0.05, 0.1) is 12.3 Å². The van der Waals surface area contributed by atoms with Gasteiger partial charge in [-0.2, -0.15) is 0 Å². The Morgan fingerprint density at radius 3 is 2.60 bits per heavy atom. The number of halogens is 1. The van der Waals surface area contributed by atoms with Crippen LogP contribution in [0.2, 0.25) is 0 Å². The average Bonchev–Trinajstić information content (AvgIpc) is 3.07. The van der Waals surface area contributed by atoms with Crippen molar-refractivity contribution in [1.29, 1.82) is 0 Å². The molecule has 130 valence electrons. The van der Waals surface area contributed by atoms with E-state index in [0.29, 0.717) is 5.69 Å². The van der Waals surface area contributed by atoms with Gasteiger partial charge in [-0.25, -0.2) is 9.18 Å². The van der Waals surface area contributed by atoms with Gasteiger partial charge in [0, 0.05) is 12.6 Å². The van der Waals surface area contributed by atoms with Gasteiger partial charge < -0.3 is 14.4 Å². The van der Waals surface area contributed by atoms with Crippen LogP contribution < -0.4 is 0 Å². The molecule has 6 heteroatoms. The van der Waals surface area contributed by atoms with Crippen LogP contribution in [0.25, 0.3) is 5.76 Å². The van der Waals surface area contributed by atoms with E-state index in [4.69, 9.17) is 4.74 Å². The lowest BCUT2D eigenvalue weighted by Gasteiger charge is -2.36. The zero-order valence-electron chi connectivity index (χ0n) is 14.0. The van der Waals surface area contributed by atoms with Crippen molar-refractivity contribution in [2.75, 3.05) is 6.61 Å². The predicted octanol–water partition coefficient (Wildman–Crippen LogP) is 3.00. The van der Waals surface area contributed by atoms with Crippen molar-refractivity contribution in [3.05, 3.63) is 65.2 Å². The lowest BCUT2D eigenvalue weighted by Crippen LogP contribution is -2.47. The van der Waals surface area contributed by atoms with Crippen molar-refractivity contribution in [2.45, 2.75) is 25.8 Å². The van der Waals surface area contributed by atoms with Crippen LogP contribution in [0.15, 0.2) is 48.2 Å². The van der Waals surface area contributed by atoms with Crippen LogP contribution in [0.3, 0.4) is 0 Å². The molecule has 0 amide bonds. The number of hydrogen-bond donors (Lipinski definition) is 1. The number of ketones is 1. The number of carbonyl (C=O) groups is 2. The molecule has 0 fully saturated rings. The Kier molecular flexibility index (Phi) is 4.20. The Hall–Kier alpha value is -2.89. The normalized spacial score (nSPS) is 19.7. The predicted molar refractivity (Wildman–Crippen MR) is 89.4 cm³/mol. The third-order valence-corrected chi connectivity index (χ3v) is 4.42. The number of ether oxygens (including phenoxy) is 1. The van der Waals surface area contributed by atoms with Gasteiger partial charge in [-0.05, 0) is 43.7 Å². The lowest BCUT2D eigenvalue weighted by atomic mass is 9.81. The molecule has 0 saturated carbocycles. The first-order valence-corrected chi connectivity index (χ1v) is 7.96. The number of fused-ring (bicyclic) bond motifs is 1. The Balaban J connectivity index is 2.09. The SMILES string of the molecule is CCOC(=O)C1=C(O)c2cccn2[C@@](C)(Cc2ccc(F)cc2)C1=O. The van der Waals surface area contributed by atoms with Crippen LogP contribution in [0.1, 0.15) is 25.1 Å². The highest BCUT2D eigenvalue weighted by molar-refractivity contribution is 6.25. The molecule has 1 aliphatic rings. The topological polar surface area (TPSA) is 68.5 Å². The Morgan fingerprint density at radius 1 is 1.28 bits per heavy atom. The van der Waals surface area contributed by atoms with E-state index in [1.807, 2.05) is 0 Å². The second-order valence-electron chi connectivity index (χ2n) is 6.11.